The van der Waals surface area contributed by atoms with E-state index in [0.717, 1.165) is 17.1 Å². The molecule has 7 heteroatoms. The molecule has 1 saturated heterocycles. The van der Waals surface area contributed by atoms with Gasteiger partial charge in [0, 0.05) is 31.4 Å². The lowest BCUT2D eigenvalue weighted by molar-refractivity contribution is -0.144. The second kappa shape index (κ2) is 7.22. The molecule has 1 aliphatic rings. The predicted octanol–water partition coefficient (Wildman–Crippen LogP) is 1.20. The van der Waals surface area contributed by atoms with E-state index < -0.39 is 5.97 Å². The van der Waals surface area contributed by atoms with E-state index in [-0.39, 0.29) is 24.9 Å². The van der Waals surface area contributed by atoms with Crippen molar-refractivity contribution in [2.75, 3.05) is 32.1 Å². The summed E-state index contributed by atoms with van der Waals surface area (Å²) >= 11 is 0. The summed E-state index contributed by atoms with van der Waals surface area (Å²) in [6.07, 6.45) is -0.409. The molecule has 0 aromatic carbocycles. The quantitative estimate of drug-likeness (QED) is 0.849. The number of amides is 1. The number of carboxylic acids is 1. The number of nitrogens with one attached hydrogen (secondary N) is 1. The number of carbonyl (C=O) groups excluding carboxylic acids is 1. The third kappa shape index (κ3) is 4.17. The third-order valence-corrected chi connectivity index (χ3v) is 3.56. The summed E-state index contributed by atoms with van der Waals surface area (Å²) in [6, 6.07) is 3.84. The molecule has 0 aliphatic carbocycles. The number of aryl methyl sites for hydroxylation is 1. The molecule has 2 N–H and O–H groups in total. The van der Waals surface area contributed by atoms with Gasteiger partial charge in [0.25, 0.3) is 0 Å². The van der Waals surface area contributed by atoms with Crippen LogP contribution < -0.4 is 5.32 Å². The third-order valence-electron chi connectivity index (χ3n) is 3.56. The molecular formula is C15H21N3O4. The summed E-state index contributed by atoms with van der Waals surface area (Å²) in [5.41, 5.74) is 2.60. The summed E-state index contributed by atoms with van der Waals surface area (Å²) in [5.74, 6) is -1.12. The van der Waals surface area contributed by atoms with Crippen LogP contribution in [-0.4, -0.2) is 53.6 Å². The molecule has 1 atom stereocenters. The average molecular weight is 307 g/mol. The first-order valence-electron chi connectivity index (χ1n) is 7.27. The van der Waals surface area contributed by atoms with Crippen molar-refractivity contribution < 1.29 is 19.4 Å². The van der Waals surface area contributed by atoms with Gasteiger partial charge in [0.15, 0.2) is 0 Å². The highest BCUT2D eigenvalue weighted by Crippen LogP contribution is 2.24. The van der Waals surface area contributed by atoms with Gasteiger partial charge in [0.05, 0.1) is 25.3 Å². The Bertz CT molecular complexity index is 562. The Morgan fingerprint density at radius 3 is 2.91 bits per heavy atom. The van der Waals surface area contributed by atoms with E-state index in [4.69, 9.17) is 9.84 Å². The molecule has 0 radical (unpaired) electrons. The van der Waals surface area contributed by atoms with Crippen LogP contribution in [0.2, 0.25) is 0 Å². The number of aromatic nitrogens is 1. The van der Waals surface area contributed by atoms with Gasteiger partial charge in [-0.1, -0.05) is 0 Å². The first-order valence-corrected chi connectivity index (χ1v) is 7.27. The highest BCUT2D eigenvalue weighted by molar-refractivity contribution is 5.80. The standard InChI is InChI=1S/C15H21N3O4/c1-10-7-11(16-2)8-12(17-10)13-9-18(5-6-22-13)14(19)3-4-15(20)21/h7-8,13H,3-6,9H2,1-2H3,(H,16,17)(H,20,21). The Hall–Kier alpha value is -2.15. The van der Waals surface area contributed by atoms with E-state index in [1.54, 1.807) is 4.90 Å². The fourth-order valence-electron chi connectivity index (χ4n) is 2.43. The maximum atomic E-state index is 12.0. The number of morpholine rings is 1. The molecule has 2 heterocycles. The highest BCUT2D eigenvalue weighted by Gasteiger charge is 2.26. The summed E-state index contributed by atoms with van der Waals surface area (Å²) < 4.78 is 5.72. The molecule has 7 nitrogen and oxygen atoms in total. The maximum Gasteiger partial charge on any atom is 0.303 e. The summed E-state index contributed by atoms with van der Waals surface area (Å²) in [4.78, 5) is 28.7. The number of ether oxygens (including phenoxy) is 1. The minimum Gasteiger partial charge on any atom is -0.481 e. The molecule has 0 spiro atoms. The van der Waals surface area contributed by atoms with Gasteiger partial charge in [-0.15, -0.1) is 0 Å². The molecule has 1 fully saturated rings. The van der Waals surface area contributed by atoms with E-state index in [0.29, 0.717) is 19.7 Å². The van der Waals surface area contributed by atoms with Gasteiger partial charge in [-0.05, 0) is 19.1 Å². The van der Waals surface area contributed by atoms with Crippen molar-refractivity contribution in [3.63, 3.8) is 0 Å². The van der Waals surface area contributed by atoms with Crippen molar-refractivity contribution in [1.82, 2.24) is 9.88 Å². The number of carbonyl (C=O) groups is 2. The van der Waals surface area contributed by atoms with Crippen molar-refractivity contribution >= 4 is 17.6 Å². The fraction of sp³-hybridized carbons (Fsp3) is 0.533. The molecule has 1 aliphatic heterocycles. The first kappa shape index (κ1) is 16.2. The largest absolute Gasteiger partial charge is 0.481 e. The number of hydrogen-bond donors (Lipinski definition) is 2. The first-order chi connectivity index (χ1) is 10.5. The zero-order chi connectivity index (χ0) is 16.1. The van der Waals surface area contributed by atoms with Crippen molar-refractivity contribution in [2.45, 2.75) is 25.9 Å². The number of nitrogens with zero attached hydrogens (tertiary/aromatic N) is 2. The normalized spacial score (nSPS) is 18.1. The monoisotopic (exact) mass is 307 g/mol. The number of aliphatic carboxylic acids is 1. The van der Waals surface area contributed by atoms with Gasteiger partial charge in [-0.3, -0.25) is 14.6 Å². The van der Waals surface area contributed by atoms with Crippen molar-refractivity contribution in [3.8, 4) is 0 Å². The lowest BCUT2D eigenvalue weighted by atomic mass is 10.1. The van der Waals surface area contributed by atoms with Crippen LogP contribution in [-0.2, 0) is 14.3 Å². The van der Waals surface area contributed by atoms with Crippen molar-refractivity contribution in [1.29, 1.82) is 0 Å². The van der Waals surface area contributed by atoms with Gasteiger partial charge in [0.1, 0.15) is 6.10 Å². The zero-order valence-electron chi connectivity index (χ0n) is 12.8. The summed E-state index contributed by atoms with van der Waals surface area (Å²) in [7, 11) is 1.84. The lowest BCUT2D eigenvalue weighted by Crippen LogP contribution is -2.42. The van der Waals surface area contributed by atoms with Crippen LogP contribution in [0.1, 0.15) is 30.3 Å². The second-order valence-corrected chi connectivity index (χ2v) is 5.26. The van der Waals surface area contributed by atoms with Crippen LogP contribution >= 0.6 is 0 Å². The van der Waals surface area contributed by atoms with E-state index in [1.165, 1.54) is 0 Å². The van der Waals surface area contributed by atoms with Gasteiger partial charge in [-0.2, -0.15) is 0 Å². The van der Waals surface area contributed by atoms with Crippen LogP contribution in [0.3, 0.4) is 0 Å². The second-order valence-electron chi connectivity index (χ2n) is 5.26. The van der Waals surface area contributed by atoms with Gasteiger partial charge in [-0.25, -0.2) is 0 Å². The Balaban J connectivity index is 2.05. The van der Waals surface area contributed by atoms with Crippen molar-refractivity contribution in [3.05, 3.63) is 23.5 Å². The van der Waals surface area contributed by atoms with Gasteiger partial charge >= 0.3 is 5.97 Å². The van der Waals surface area contributed by atoms with E-state index in [9.17, 15) is 9.59 Å². The highest BCUT2D eigenvalue weighted by atomic mass is 16.5. The number of hydrogen-bond acceptors (Lipinski definition) is 5. The Kier molecular flexibility index (Phi) is 5.32. The number of rotatable bonds is 5. The van der Waals surface area contributed by atoms with E-state index in [2.05, 4.69) is 10.3 Å². The summed E-state index contributed by atoms with van der Waals surface area (Å²) in [6.45, 7) is 3.22. The smallest absolute Gasteiger partial charge is 0.303 e. The topological polar surface area (TPSA) is 91.8 Å². The minimum absolute atomic E-state index is 0.0189. The molecule has 1 aromatic heterocycles. The molecule has 1 aromatic rings. The Labute approximate surface area is 129 Å². The maximum absolute atomic E-state index is 12.0. The van der Waals surface area contributed by atoms with Crippen LogP contribution in [0.15, 0.2) is 12.1 Å². The number of anilines is 1. The van der Waals surface area contributed by atoms with E-state index >= 15 is 0 Å². The van der Waals surface area contributed by atoms with Crippen LogP contribution in [0.25, 0.3) is 0 Å². The van der Waals surface area contributed by atoms with Crippen molar-refractivity contribution in [2.24, 2.45) is 0 Å². The fourth-order valence-corrected chi connectivity index (χ4v) is 2.43. The number of carboxylic acid groups (broad SMARTS) is 1. The molecular weight excluding hydrogens is 286 g/mol. The zero-order valence-corrected chi connectivity index (χ0v) is 12.8. The molecule has 0 saturated carbocycles. The van der Waals surface area contributed by atoms with Crippen LogP contribution in [0, 0.1) is 6.92 Å². The Morgan fingerprint density at radius 2 is 2.23 bits per heavy atom. The van der Waals surface area contributed by atoms with E-state index in [1.807, 2.05) is 26.1 Å². The SMILES string of the molecule is CNc1cc(C)nc(C2CN(C(=O)CCC(=O)O)CCO2)c1. The van der Waals surface area contributed by atoms with Crippen LogP contribution in [0.4, 0.5) is 5.69 Å². The molecule has 0 bridgehead atoms. The molecule has 22 heavy (non-hydrogen) atoms. The predicted molar refractivity (Wildman–Crippen MR) is 80.7 cm³/mol. The molecule has 1 unspecified atom stereocenters. The average Bonchev–Trinajstić information content (AvgIpc) is 2.52. The molecule has 2 rings (SSSR count). The van der Waals surface area contributed by atoms with Gasteiger partial charge < -0.3 is 20.1 Å². The number of pyridine rings is 1. The lowest BCUT2D eigenvalue weighted by Gasteiger charge is -2.33. The molecule has 1 amide bonds. The molecule has 120 valence electrons. The Morgan fingerprint density at radius 1 is 1.45 bits per heavy atom. The minimum atomic E-state index is -0.961. The van der Waals surface area contributed by atoms with Crippen LogP contribution in [0.5, 0.6) is 0 Å². The van der Waals surface area contributed by atoms with Gasteiger partial charge in [0.2, 0.25) is 5.91 Å². The summed E-state index contributed by atoms with van der Waals surface area (Å²) in [5, 5.41) is 11.7.